The highest BCUT2D eigenvalue weighted by molar-refractivity contribution is 8.00. The van der Waals surface area contributed by atoms with Crippen LogP contribution in [0.2, 0.25) is 0 Å². The molecule has 2 aromatic carbocycles. The van der Waals surface area contributed by atoms with Crippen LogP contribution in [0.15, 0.2) is 58.3 Å². The van der Waals surface area contributed by atoms with Gasteiger partial charge in [0, 0.05) is 23.7 Å². The van der Waals surface area contributed by atoms with Crippen molar-refractivity contribution in [2.45, 2.75) is 41.0 Å². The molecule has 0 amide bonds. The largest absolute Gasteiger partial charge is 0.446 e. The van der Waals surface area contributed by atoms with E-state index in [1.807, 2.05) is 12.1 Å². The van der Waals surface area contributed by atoms with Crippen molar-refractivity contribution < 1.29 is 21.6 Å². The first-order valence-electron chi connectivity index (χ1n) is 10.4. The summed E-state index contributed by atoms with van der Waals surface area (Å²) in [6.45, 7) is 5.68. The van der Waals surface area contributed by atoms with Crippen molar-refractivity contribution in [1.82, 2.24) is 4.90 Å². The van der Waals surface area contributed by atoms with E-state index in [1.165, 1.54) is 37.1 Å². The molecule has 2 aliphatic rings. The summed E-state index contributed by atoms with van der Waals surface area (Å²) < 4.78 is 65.0. The Morgan fingerprint density at radius 3 is 2.35 bits per heavy atom. The Kier molecular flexibility index (Phi) is 6.29. The number of nitrogens with zero attached hydrogens (tertiary/aromatic N) is 1. The van der Waals surface area contributed by atoms with Crippen LogP contribution in [-0.4, -0.2) is 38.5 Å². The maximum atomic E-state index is 12.6. The number of anilines is 1. The van der Waals surface area contributed by atoms with Gasteiger partial charge in [0.05, 0.1) is 4.90 Å². The number of hydrogen-bond acceptors (Lipinski definition) is 4. The van der Waals surface area contributed by atoms with Gasteiger partial charge in [0.1, 0.15) is 0 Å². The molecule has 0 unspecified atom stereocenters. The van der Waals surface area contributed by atoms with E-state index < -0.39 is 15.5 Å². The maximum absolute atomic E-state index is 12.6. The zero-order chi connectivity index (χ0) is 22.2. The predicted molar refractivity (Wildman–Crippen MR) is 117 cm³/mol. The molecule has 31 heavy (non-hydrogen) atoms. The SMILES string of the molecule is CCCN1C[C@@H]2C[C@@H](c3ccc(NS(=O)(=O)c4ccc(SC(F)(F)F)cc4)cc3)[C@@H]2C1. The molecule has 2 fully saturated rings. The second-order valence-corrected chi connectivity index (χ2v) is 11.1. The fraction of sp³-hybridized carbons (Fsp3) is 0.455. The Hall–Kier alpha value is -1.71. The number of halogens is 3. The van der Waals surface area contributed by atoms with Gasteiger partial charge in [0.25, 0.3) is 10.0 Å². The minimum absolute atomic E-state index is 0.0565. The smallest absolute Gasteiger partial charge is 0.303 e. The Labute approximate surface area is 185 Å². The van der Waals surface area contributed by atoms with E-state index in [2.05, 4.69) is 16.5 Å². The molecular formula is C22H25F3N2O2S2. The number of sulfonamides is 1. The van der Waals surface area contributed by atoms with E-state index in [4.69, 9.17) is 0 Å². The van der Waals surface area contributed by atoms with Gasteiger partial charge < -0.3 is 4.90 Å². The first-order valence-corrected chi connectivity index (χ1v) is 12.7. The number of thioether (sulfide) groups is 1. The zero-order valence-corrected chi connectivity index (χ0v) is 18.7. The fourth-order valence-corrected chi connectivity index (χ4v) is 6.31. The van der Waals surface area contributed by atoms with Crippen molar-refractivity contribution in [3.8, 4) is 0 Å². The quantitative estimate of drug-likeness (QED) is 0.540. The summed E-state index contributed by atoms with van der Waals surface area (Å²) in [6, 6.07) is 12.1. The van der Waals surface area contributed by atoms with Crippen molar-refractivity contribution in [3.05, 3.63) is 54.1 Å². The molecule has 4 nitrogen and oxygen atoms in total. The Morgan fingerprint density at radius 1 is 1.06 bits per heavy atom. The lowest BCUT2D eigenvalue weighted by atomic mass is 9.64. The third-order valence-electron chi connectivity index (χ3n) is 6.14. The molecule has 1 N–H and O–H groups in total. The van der Waals surface area contributed by atoms with E-state index in [1.54, 1.807) is 12.1 Å². The summed E-state index contributed by atoms with van der Waals surface area (Å²) in [7, 11) is -3.87. The molecule has 1 heterocycles. The van der Waals surface area contributed by atoms with Crippen LogP contribution < -0.4 is 4.72 Å². The van der Waals surface area contributed by atoms with E-state index in [0.29, 0.717) is 17.5 Å². The van der Waals surface area contributed by atoms with Crippen LogP contribution in [0.25, 0.3) is 0 Å². The van der Waals surface area contributed by atoms with Crippen molar-refractivity contribution >= 4 is 27.5 Å². The monoisotopic (exact) mass is 470 g/mol. The maximum Gasteiger partial charge on any atom is 0.446 e. The van der Waals surface area contributed by atoms with Crippen molar-refractivity contribution in [2.75, 3.05) is 24.4 Å². The molecule has 1 saturated carbocycles. The molecular weight excluding hydrogens is 445 g/mol. The molecule has 168 valence electrons. The summed E-state index contributed by atoms with van der Waals surface area (Å²) in [4.78, 5) is 2.40. The number of hydrogen-bond donors (Lipinski definition) is 1. The summed E-state index contributed by atoms with van der Waals surface area (Å²) in [6.07, 6.45) is 2.35. The molecule has 0 bridgehead atoms. The van der Waals surface area contributed by atoms with E-state index >= 15 is 0 Å². The lowest BCUT2D eigenvalue weighted by molar-refractivity contribution is -0.0328. The molecule has 0 radical (unpaired) electrons. The van der Waals surface area contributed by atoms with Crippen LogP contribution in [0.1, 0.15) is 31.2 Å². The van der Waals surface area contributed by atoms with Gasteiger partial charge in [-0.2, -0.15) is 13.2 Å². The third kappa shape index (κ3) is 5.21. The van der Waals surface area contributed by atoms with Crippen molar-refractivity contribution in [2.24, 2.45) is 11.8 Å². The fourth-order valence-electron chi connectivity index (χ4n) is 4.71. The predicted octanol–water partition coefficient (Wildman–Crippen LogP) is 5.54. The van der Waals surface area contributed by atoms with Crippen LogP contribution >= 0.6 is 11.8 Å². The minimum Gasteiger partial charge on any atom is -0.303 e. The Balaban J connectivity index is 1.39. The topological polar surface area (TPSA) is 49.4 Å². The molecule has 1 saturated heterocycles. The van der Waals surface area contributed by atoms with E-state index in [-0.39, 0.29) is 21.6 Å². The van der Waals surface area contributed by atoms with Crippen molar-refractivity contribution in [1.29, 1.82) is 0 Å². The highest BCUT2D eigenvalue weighted by atomic mass is 32.2. The van der Waals surface area contributed by atoms with E-state index in [9.17, 15) is 21.6 Å². The molecule has 1 aliphatic carbocycles. The van der Waals surface area contributed by atoms with Crippen LogP contribution in [-0.2, 0) is 10.0 Å². The number of fused-ring (bicyclic) bond motifs is 1. The Bertz CT molecular complexity index is 1010. The van der Waals surface area contributed by atoms with Gasteiger partial charge >= 0.3 is 5.51 Å². The first kappa shape index (κ1) is 22.5. The van der Waals surface area contributed by atoms with Gasteiger partial charge in [-0.3, -0.25) is 4.72 Å². The summed E-state index contributed by atoms with van der Waals surface area (Å²) in [5, 5.41) is 0. The number of nitrogens with one attached hydrogen (secondary N) is 1. The second kappa shape index (κ2) is 8.67. The van der Waals surface area contributed by atoms with Crippen molar-refractivity contribution in [3.63, 3.8) is 0 Å². The third-order valence-corrected chi connectivity index (χ3v) is 8.28. The molecule has 9 heteroatoms. The van der Waals surface area contributed by atoms with Gasteiger partial charge in [0.15, 0.2) is 0 Å². The van der Waals surface area contributed by atoms with Crippen LogP contribution in [0.3, 0.4) is 0 Å². The molecule has 1 aliphatic heterocycles. The van der Waals surface area contributed by atoms with Gasteiger partial charge in [-0.1, -0.05) is 19.1 Å². The summed E-state index contributed by atoms with van der Waals surface area (Å²) in [5.41, 5.74) is -2.74. The summed E-state index contributed by atoms with van der Waals surface area (Å²) in [5.74, 6) is 1.98. The molecule has 3 atom stereocenters. The van der Waals surface area contributed by atoms with E-state index in [0.717, 1.165) is 31.1 Å². The molecule has 0 aromatic heterocycles. The van der Waals surface area contributed by atoms with Gasteiger partial charge in [-0.15, -0.1) is 0 Å². The van der Waals surface area contributed by atoms with Gasteiger partial charge in [0.2, 0.25) is 0 Å². The standard InChI is InChI=1S/C22H25F3N2O2S2/c1-2-11-27-13-16-12-20(21(16)14-27)15-3-5-17(6-4-15)26-31(28,29)19-9-7-18(8-10-19)30-22(23,24)25/h3-10,16,20-21,26H,2,11-14H2,1H3/t16-,20-,21+/m0/s1. The Morgan fingerprint density at radius 2 is 1.74 bits per heavy atom. The number of benzene rings is 2. The molecule has 0 spiro atoms. The lowest BCUT2D eigenvalue weighted by Crippen LogP contribution is -2.33. The van der Waals surface area contributed by atoms with Gasteiger partial charge in [-0.05, 0) is 90.9 Å². The molecule has 4 rings (SSSR count). The number of alkyl halides is 3. The first-order chi connectivity index (χ1) is 14.6. The normalized spacial score (nSPS) is 23.9. The average molecular weight is 471 g/mol. The second-order valence-electron chi connectivity index (χ2n) is 8.27. The zero-order valence-electron chi connectivity index (χ0n) is 17.1. The van der Waals surface area contributed by atoms with Crippen LogP contribution in [0.4, 0.5) is 18.9 Å². The van der Waals surface area contributed by atoms with Crippen LogP contribution in [0, 0.1) is 11.8 Å². The highest BCUT2D eigenvalue weighted by Crippen LogP contribution is 2.51. The van der Waals surface area contributed by atoms with Crippen LogP contribution in [0.5, 0.6) is 0 Å². The summed E-state index contributed by atoms with van der Waals surface area (Å²) >= 11 is -0.273. The molecule has 2 aromatic rings. The van der Waals surface area contributed by atoms with Gasteiger partial charge in [-0.25, -0.2) is 8.42 Å². The number of rotatable bonds is 7. The highest BCUT2D eigenvalue weighted by Gasteiger charge is 2.46. The lowest BCUT2D eigenvalue weighted by Gasteiger charge is -2.40. The number of likely N-dealkylation sites (tertiary alicyclic amines) is 1. The minimum atomic E-state index is -4.41. The average Bonchev–Trinajstić information content (AvgIpc) is 2.99.